The van der Waals surface area contributed by atoms with E-state index in [9.17, 15) is 0 Å². The van der Waals surface area contributed by atoms with Gasteiger partial charge in [-0.3, -0.25) is 4.98 Å². The van der Waals surface area contributed by atoms with Crippen LogP contribution in [-0.4, -0.2) is 17.3 Å². The third-order valence-electron chi connectivity index (χ3n) is 2.34. The first kappa shape index (κ1) is 12.6. The molecule has 92 valence electrons. The lowest BCUT2D eigenvalue weighted by atomic mass is 10.0. The maximum atomic E-state index is 5.88. The SMILES string of the molecule is CCO/N=C(/c1ccc(Cl)cc1)c1cccnc1. The first-order valence-electron chi connectivity index (χ1n) is 5.67. The smallest absolute Gasteiger partial charge is 0.118 e. The molecule has 18 heavy (non-hydrogen) atoms. The molecule has 0 spiro atoms. The van der Waals surface area contributed by atoms with Gasteiger partial charge in [0.15, 0.2) is 0 Å². The maximum absolute atomic E-state index is 5.88. The minimum Gasteiger partial charge on any atom is -0.396 e. The van der Waals surface area contributed by atoms with Gasteiger partial charge in [-0.15, -0.1) is 0 Å². The Bertz CT molecular complexity index is 523. The molecule has 2 aromatic rings. The second kappa shape index (κ2) is 6.17. The number of hydrogen-bond acceptors (Lipinski definition) is 3. The molecule has 0 unspecified atom stereocenters. The highest BCUT2D eigenvalue weighted by molar-refractivity contribution is 6.30. The minimum absolute atomic E-state index is 0.525. The Morgan fingerprint density at radius 2 is 2.00 bits per heavy atom. The molecule has 0 atom stereocenters. The van der Waals surface area contributed by atoms with Crippen molar-refractivity contribution in [2.75, 3.05) is 6.61 Å². The summed E-state index contributed by atoms with van der Waals surface area (Å²) in [5.74, 6) is 0. The molecule has 0 aliphatic carbocycles. The molecule has 2 rings (SSSR count). The Balaban J connectivity index is 2.40. The van der Waals surface area contributed by atoms with Crippen molar-refractivity contribution in [3.8, 4) is 0 Å². The number of oxime groups is 1. The molecule has 1 heterocycles. The van der Waals surface area contributed by atoms with Crippen molar-refractivity contribution >= 4 is 17.3 Å². The molecule has 0 aliphatic heterocycles. The molecule has 3 nitrogen and oxygen atoms in total. The zero-order chi connectivity index (χ0) is 12.8. The first-order chi connectivity index (χ1) is 8.81. The van der Waals surface area contributed by atoms with Crippen LogP contribution in [0, 0.1) is 0 Å². The zero-order valence-electron chi connectivity index (χ0n) is 10.0. The average Bonchev–Trinajstić information content (AvgIpc) is 2.42. The minimum atomic E-state index is 0.525. The molecule has 0 N–H and O–H groups in total. The highest BCUT2D eigenvalue weighted by atomic mass is 35.5. The number of aromatic nitrogens is 1. The van der Waals surface area contributed by atoms with E-state index in [0.29, 0.717) is 11.6 Å². The van der Waals surface area contributed by atoms with E-state index < -0.39 is 0 Å². The van der Waals surface area contributed by atoms with Gasteiger partial charge < -0.3 is 4.84 Å². The summed E-state index contributed by atoms with van der Waals surface area (Å²) in [7, 11) is 0. The molecule has 0 saturated carbocycles. The molecule has 0 aliphatic rings. The summed E-state index contributed by atoms with van der Waals surface area (Å²) < 4.78 is 0. The number of rotatable bonds is 4. The van der Waals surface area contributed by atoms with Crippen LogP contribution in [0.1, 0.15) is 18.1 Å². The quantitative estimate of drug-likeness (QED) is 0.623. The predicted molar refractivity (Wildman–Crippen MR) is 73.0 cm³/mol. The number of halogens is 1. The van der Waals surface area contributed by atoms with Crippen molar-refractivity contribution in [3.05, 3.63) is 64.9 Å². The largest absolute Gasteiger partial charge is 0.396 e. The van der Waals surface area contributed by atoms with Crippen LogP contribution in [0.3, 0.4) is 0 Å². The van der Waals surface area contributed by atoms with Gasteiger partial charge >= 0.3 is 0 Å². The summed E-state index contributed by atoms with van der Waals surface area (Å²) in [4.78, 5) is 9.26. The standard InChI is InChI=1S/C14H13ClN2O/c1-2-18-17-14(12-4-3-9-16-10-12)11-5-7-13(15)8-6-11/h3-10H,2H2,1H3/b17-14-. The highest BCUT2D eigenvalue weighted by Gasteiger charge is 2.07. The Labute approximate surface area is 111 Å². The lowest BCUT2D eigenvalue weighted by Crippen LogP contribution is -2.04. The van der Waals surface area contributed by atoms with Crippen molar-refractivity contribution in [1.29, 1.82) is 0 Å². The Morgan fingerprint density at radius 1 is 1.22 bits per heavy atom. The molecule has 1 aromatic heterocycles. The van der Waals surface area contributed by atoms with Crippen molar-refractivity contribution in [3.63, 3.8) is 0 Å². The van der Waals surface area contributed by atoms with Crippen LogP contribution in [0.4, 0.5) is 0 Å². The molecule has 0 saturated heterocycles. The van der Waals surface area contributed by atoms with Crippen molar-refractivity contribution in [2.45, 2.75) is 6.92 Å². The topological polar surface area (TPSA) is 34.5 Å². The lowest BCUT2D eigenvalue weighted by molar-refractivity contribution is 0.159. The van der Waals surface area contributed by atoms with E-state index in [4.69, 9.17) is 16.4 Å². The molecule has 0 radical (unpaired) electrons. The van der Waals surface area contributed by atoms with Crippen LogP contribution in [-0.2, 0) is 4.84 Å². The van der Waals surface area contributed by atoms with E-state index in [1.165, 1.54) is 0 Å². The molecule has 0 fully saturated rings. The van der Waals surface area contributed by atoms with E-state index in [1.54, 1.807) is 12.4 Å². The van der Waals surface area contributed by atoms with Gasteiger partial charge in [-0.1, -0.05) is 28.9 Å². The third-order valence-corrected chi connectivity index (χ3v) is 2.59. The third kappa shape index (κ3) is 3.08. The molecular formula is C14H13ClN2O. The van der Waals surface area contributed by atoms with Crippen LogP contribution in [0.15, 0.2) is 53.9 Å². The number of nitrogens with zero attached hydrogens (tertiary/aromatic N) is 2. The van der Waals surface area contributed by atoms with Gasteiger partial charge in [0.05, 0.1) is 0 Å². The summed E-state index contributed by atoms with van der Waals surface area (Å²) in [6.45, 7) is 2.42. The zero-order valence-corrected chi connectivity index (χ0v) is 10.8. The monoisotopic (exact) mass is 260 g/mol. The molecule has 4 heteroatoms. The summed E-state index contributed by atoms with van der Waals surface area (Å²) >= 11 is 5.88. The van der Waals surface area contributed by atoms with Crippen molar-refractivity contribution < 1.29 is 4.84 Å². The fraction of sp³-hybridized carbons (Fsp3) is 0.143. The van der Waals surface area contributed by atoms with E-state index in [1.807, 2.05) is 43.3 Å². The first-order valence-corrected chi connectivity index (χ1v) is 6.05. The van der Waals surface area contributed by atoms with Gasteiger partial charge in [0, 0.05) is 28.5 Å². The van der Waals surface area contributed by atoms with E-state index in [0.717, 1.165) is 16.8 Å². The van der Waals surface area contributed by atoms with Gasteiger partial charge in [-0.05, 0) is 31.2 Å². The van der Waals surface area contributed by atoms with E-state index >= 15 is 0 Å². The Hall–Kier alpha value is -1.87. The van der Waals surface area contributed by atoms with Gasteiger partial charge in [0.25, 0.3) is 0 Å². The summed E-state index contributed by atoms with van der Waals surface area (Å²) in [5, 5.41) is 4.84. The lowest BCUT2D eigenvalue weighted by Gasteiger charge is -2.06. The van der Waals surface area contributed by atoms with Gasteiger partial charge in [-0.25, -0.2) is 0 Å². The molecule has 1 aromatic carbocycles. The second-order valence-electron chi connectivity index (χ2n) is 3.61. The maximum Gasteiger partial charge on any atom is 0.118 e. The molecular weight excluding hydrogens is 248 g/mol. The van der Waals surface area contributed by atoms with Gasteiger partial charge in [0.1, 0.15) is 12.3 Å². The van der Waals surface area contributed by atoms with Gasteiger partial charge in [0.2, 0.25) is 0 Å². The van der Waals surface area contributed by atoms with Crippen molar-refractivity contribution in [2.24, 2.45) is 5.16 Å². The Morgan fingerprint density at radius 3 is 2.61 bits per heavy atom. The normalized spacial score (nSPS) is 11.3. The van der Waals surface area contributed by atoms with Gasteiger partial charge in [-0.2, -0.15) is 0 Å². The van der Waals surface area contributed by atoms with Crippen LogP contribution in [0.5, 0.6) is 0 Å². The number of hydrogen-bond donors (Lipinski definition) is 0. The second-order valence-corrected chi connectivity index (χ2v) is 4.04. The fourth-order valence-electron chi connectivity index (χ4n) is 1.51. The summed E-state index contributed by atoms with van der Waals surface area (Å²) in [6.07, 6.45) is 3.48. The molecule has 0 bridgehead atoms. The van der Waals surface area contributed by atoms with E-state index in [2.05, 4.69) is 10.1 Å². The number of benzene rings is 1. The fourth-order valence-corrected chi connectivity index (χ4v) is 1.64. The van der Waals surface area contributed by atoms with Crippen LogP contribution in [0.25, 0.3) is 0 Å². The van der Waals surface area contributed by atoms with Crippen LogP contribution >= 0.6 is 11.6 Å². The Kier molecular flexibility index (Phi) is 4.31. The van der Waals surface area contributed by atoms with Crippen molar-refractivity contribution in [1.82, 2.24) is 4.98 Å². The number of pyridine rings is 1. The van der Waals surface area contributed by atoms with E-state index in [-0.39, 0.29) is 0 Å². The van der Waals surface area contributed by atoms with Crippen LogP contribution in [0.2, 0.25) is 5.02 Å². The molecule has 0 amide bonds. The summed E-state index contributed by atoms with van der Waals surface area (Å²) in [6, 6.07) is 11.3. The van der Waals surface area contributed by atoms with Crippen LogP contribution < -0.4 is 0 Å². The summed E-state index contributed by atoms with van der Waals surface area (Å²) in [5.41, 5.74) is 2.61. The highest BCUT2D eigenvalue weighted by Crippen LogP contribution is 2.14. The average molecular weight is 261 g/mol. The predicted octanol–water partition coefficient (Wildman–Crippen LogP) is 3.52.